The third kappa shape index (κ3) is 2.60. The number of halogens is 2. The Hall–Kier alpha value is -0.930. The van der Waals surface area contributed by atoms with Crippen molar-refractivity contribution in [1.82, 2.24) is 6.15 Å². The summed E-state index contributed by atoms with van der Waals surface area (Å²) < 4.78 is 12.3. The van der Waals surface area contributed by atoms with Gasteiger partial charge in [-0.15, -0.1) is 11.6 Å². The van der Waals surface area contributed by atoms with E-state index in [9.17, 15) is 9.18 Å². The molecule has 0 saturated carbocycles. The van der Waals surface area contributed by atoms with Gasteiger partial charge in [0.05, 0.1) is 0 Å². The topological polar surface area (TPSA) is 52.1 Å². The highest BCUT2D eigenvalue weighted by Crippen LogP contribution is 2.17. The van der Waals surface area contributed by atoms with E-state index in [1.807, 2.05) is 0 Å². The molecule has 0 aromatic heterocycles. The van der Waals surface area contributed by atoms with E-state index in [1.165, 1.54) is 24.3 Å². The van der Waals surface area contributed by atoms with Crippen LogP contribution < -0.4 is 6.15 Å². The molecular weight excluding hydrogens is 181 g/mol. The molecule has 1 rings (SSSR count). The van der Waals surface area contributed by atoms with Gasteiger partial charge >= 0.3 is 0 Å². The van der Waals surface area contributed by atoms with Gasteiger partial charge in [0, 0.05) is 0 Å². The molecule has 4 heteroatoms. The van der Waals surface area contributed by atoms with E-state index in [4.69, 9.17) is 11.6 Å². The first kappa shape index (κ1) is 11.1. The van der Waals surface area contributed by atoms with E-state index in [-0.39, 0.29) is 12.0 Å². The van der Waals surface area contributed by atoms with Crippen LogP contribution >= 0.6 is 11.6 Å². The zero-order valence-corrected chi connectivity index (χ0v) is 7.09. The van der Waals surface area contributed by atoms with Crippen molar-refractivity contribution in [2.24, 2.45) is 0 Å². The molecule has 0 fully saturated rings. The van der Waals surface area contributed by atoms with E-state index >= 15 is 0 Å². The maximum atomic E-state index is 12.3. The summed E-state index contributed by atoms with van der Waals surface area (Å²) in [4.78, 5) is 10.2. The number of hydrogen-bond donors (Lipinski definition) is 1. The largest absolute Gasteiger partial charge is 0.344 e. The SMILES string of the molecule is N.O=CC(Cl)c1ccc(F)cc1. The third-order valence-corrected chi connectivity index (χ3v) is 1.66. The highest BCUT2D eigenvalue weighted by Gasteiger charge is 2.04. The molecule has 0 bridgehead atoms. The highest BCUT2D eigenvalue weighted by molar-refractivity contribution is 6.27. The molecule has 0 spiro atoms. The molecule has 0 saturated heterocycles. The van der Waals surface area contributed by atoms with Gasteiger partial charge in [0.15, 0.2) is 0 Å². The first-order valence-corrected chi connectivity index (χ1v) is 3.52. The molecule has 0 aliphatic carbocycles. The first-order chi connectivity index (χ1) is 5.24. The Labute approximate surface area is 74.9 Å². The predicted octanol–water partition coefficient (Wildman–Crippen LogP) is 2.47. The maximum absolute atomic E-state index is 12.3. The molecule has 2 nitrogen and oxygen atoms in total. The Balaban J connectivity index is 0.00000121. The van der Waals surface area contributed by atoms with Gasteiger partial charge < -0.3 is 10.9 Å². The molecule has 0 aliphatic heterocycles. The lowest BCUT2D eigenvalue weighted by atomic mass is 10.2. The molecule has 1 atom stereocenters. The van der Waals surface area contributed by atoms with Crippen LogP contribution in [0.3, 0.4) is 0 Å². The fourth-order valence-corrected chi connectivity index (χ4v) is 0.871. The Bertz CT molecular complexity index is 250. The summed E-state index contributed by atoms with van der Waals surface area (Å²) in [5.41, 5.74) is 0.614. The van der Waals surface area contributed by atoms with Crippen molar-refractivity contribution in [2.45, 2.75) is 5.38 Å². The number of aldehydes is 1. The predicted molar refractivity (Wildman–Crippen MR) is 46.1 cm³/mol. The molecule has 1 aromatic carbocycles. The van der Waals surface area contributed by atoms with Crippen LogP contribution in [0, 0.1) is 5.82 Å². The van der Waals surface area contributed by atoms with Crippen LogP contribution in [0.1, 0.15) is 10.9 Å². The molecule has 0 radical (unpaired) electrons. The van der Waals surface area contributed by atoms with Gasteiger partial charge in [0.1, 0.15) is 17.5 Å². The highest BCUT2D eigenvalue weighted by atomic mass is 35.5. The van der Waals surface area contributed by atoms with Crippen molar-refractivity contribution in [3.05, 3.63) is 35.6 Å². The summed E-state index contributed by atoms with van der Waals surface area (Å²) in [6, 6.07) is 5.52. The van der Waals surface area contributed by atoms with Gasteiger partial charge in [0.2, 0.25) is 0 Å². The summed E-state index contributed by atoms with van der Waals surface area (Å²) >= 11 is 5.55. The smallest absolute Gasteiger partial charge is 0.142 e. The zero-order valence-electron chi connectivity index (χ0n) is 6.34. The van der Waals surface area contributed by atoms with Crippen LogP contribution in [0.15, 0.2) is 24.3 Å². The Kier molecular flexibility index (Phi) is 4.47. The summed E-state index contributed by atoms with van der Waals surface area (Å²) in [5, 5.41) is -0.671. The zero-order chi connectivity index (χ0) is 8.27. The van der Waals surface area contributed by atoms with Crippen LogP contribution in [0.4, 0.5) is 4.39 Å². The first-order valence-electron chi connectivity index (χ1n) is 3.09. The lowest BCUT2D eigenvalue weighted by Crippen LogP contribution is -1.90. The summed E-state index contributed by atoms with van der Waals surface area (Å²) in [7, 11) is 0. The third-order valence-electron chi connectivity index (χ3n) is 1.31. The van der Waals surface area contributed by atoms with Crippen molar-refractivity contribution >= 4 is 17.9 Å². The monoisotopic (exact) mass is 189 g/mol. The van der Waals surface area contributed by atoms with Gasteiger partial charge in [-0.2, -0.15) is 0 Å². The molecule has 0 heterocycles. The van der Waals surface area contributed by atoms with E-state index in [1.54, 1.807) is 0 Å². The maximum Gasteiger partial charge on any atom is 0.142 e. The Morgan fingerprint density at radius 2 is 1.83 bits per heavy atom. The molecule has 0 aliphatic rings. The van der Waals surface area contributed by atoms with Gasteiger partial charge in [0.25, 0.3) is 0 Å². The Morgan fingerprint density at radius 1 is 1.33 bits per heavy atom. The number of hydrogen-bond acceptors (Lipinski definition) is 2. The average molecular weight is 190 g/mol. The van der Waals surface area contributed by atoms with E-state index < -0.39 is 5.38 Å². The molecule has 66 valence electrons. The minimum Gasteiger partial charge on any atom is -0.344 e. The number of carbonyl (C=O) groups is 1. The van der Waals surface area contributed by atoms with E-state index in [2.05, 4.69) is 0 Å². The lowest BCUT2D eigenvalue weighted by molar-refractivity contribution is -0.107. The fraction of sp³-hybridized carbons (Fsp3) is 0.125. The van der Waals surface area contributed by atoms with E-state index in [0.717, 1.165) is 0 Å². The second kappa shape index (κ2) is 4.85. The van der Waals surface area contributed by atoms with Crippen molar-refractivity contribution in [1.29, 1.82) is 0 Å². The number of alkyl halides is 1. The van der Waals surface area contributed by atoms with Crippen LogP contribution in [-0.4, -0.2) is 6.29 Å². The fourth-order valence-electron chi connectivity index (χ4n) is 0.725. The summed E-state index contributed by atoms with van der Waals surface area (Å²) in [5.74, 6) is -0.330. The van der Waals surface area contributed by atoms with Crippen molar-refractivity contribution < 1.29 is 9.18 Å². The van der Waals surface area contributed by atoms with Crippen LogP contribution in [0.25, 0.3) is 0 Å². The normalized spacial score (nSPS) is 11.5. The summed E-state index contributed by atoms with van der Waals surface area (Å²) in [6.07, 6.45) is 0.606. The van der Waals surface area contributed by atoms with Gasteiger partial charge in [-0.25, -0.2) is 4.39 Å². The molecule has 0 amide bonds. The number of rotatable bonds is 2. The Morgan fingerprint density at radius 3 is 2.25 bits per heavy atom. The molecule has 3 N–H and O–H groups in total. The quantitative estimate of drug-likeness (QED) is 0.574. The minimum atomic E-state index is -0.671. The second-order valence-electron chi connectivity index (χ2n) is 2.09. The van der Waals surface area contributed by atoms with E-state index in [0.29, 0.717) is 11.8 Å². The van der Waals surface area contributed by atoms with Crippen molar-refractivity contribution in [2.75, 3.05) is 0 Å². The second-order valence-corrected chi connectivity index (χ2v) is 2.56. The number of benzene rings is 1. The van der Waals surface area contributed by atoms with Crippen LogP contribution in [0.5, 0.6) is 0 Å². The lowest BCUT2D eigenvalue weighted by Gasteiger charge is -1.99. The van der Waals surface area contributed by atoms with Gasteiger partial charge in [-0.05, 0) is 17.7 Å². The molecule has 1 unspecified atom stereocenters. The van der Waals surface area contributed by atoms with Gasteiger partial charge in [-0.3, -0.25) is 0 Å². The van der Waals surface area contributed by atoms with Crippen LogP contribution in [-0.2, 0) is 4.79 Å². The summed E-state index contributed by atoms with van der Waals surface area (Å²) in [6.45, 7) is 0. The van der Waals surface area contributed by atoms with Crippen LogP contribution in [0.2, 0.25) is 0 Å². The van der Waals surface area contributed by atoms with Gasteiger partial charge in [-0.1, -0.05) is 12.1 Å². The average Bonchev–Trinajstić information content (AvgIpc) is 2.05. The molecule has 12 heavy (non-hydrogen) atoms. The van der Waals surface area contributed by atoms with Crippen molar-refractivity contribution in [3.63, 3.8) is 0 Å². The number of carbonyl (C=O) groups excluding carboxylic acids is 1. The minimum absolute atomic E-state index is 0. The molecule has 1 aromatic rings. The molecular formula is C8H9ClFNO. The van der Waals surface area contributed by atoms with Crippen molar-refractivity contribution in [3.8, 4) is 0 Å². The standard InChI is InChI=1S/C8H6ClFO.H3N/c9-8(5-11)6-1-3-7(10)4-2-6;/h1-5,8H;1H3.